The number of carbonyl (C=O) groups excluding carboxylic acids is 1. The van der Waals surface area contributed by atoms with Crippen LogP contribution in [0.3, 0.4) is 0 Å². The van der Waals surface area contributed by atoms with Crippen LogP contribution in [0.25, 0.3) is 0 Å². The maximum atomic E-state index is 12.3. The molecule has 0 bridgehead atoms. The van der Waals surface area contributed by atoms with Gasteiger partial charge in [-0.3, -0.25) is 4.79 Å². The molecule has 1 aliphatic heterocycles. The molecule has 2 heterocycles. The van der Waals surface area contributed by atoms with Crippen LogP contribution in [0.2, 0.25) is 5.02 Å². The molecule has 1 saturated heterocycles. The van der Waals surface area contributed by atoms with Crippen LogP contribution < -0.4 is 0 Å². The zero-order valence-corrected chi connectivity index (χ0v) is 12.1. The summed E-state index contributed by atoms with van der Waals surface area (Å²) in [6, 6.07) is 6.91. The van der Waals surface area contributed by atoms with Crippen LogP contribution in [0, 0.1) is 0 Å². The second-order valence-corrected chi connectivity index (χ2v) is 5.19. The minimum atomic E-state index is -0.418. The maximum absolute atomic E-state index is 12.3. The molecule has 1 aliphatic rings. The van der Waals surface area contributed by atoms with Crippen molar-refractivity contribution in [2.45, 2.75) is 12.1 Å². The Morgan fingerprint density at radius 3 is 2.67 bits per heavy atom. The second-order valence-electron chi connectivity index (χ2n) is 4.76. The number of tetrazole rings is 1. The molecular weight excluding hydrogens is 294 g/mol. The first-order valence-corrected chi connectivity index (χ1v) is 6.87. The lowest BCUT2D eigenvalue weighted by Gasteiger charge is -2.46. The van der Waals surface area contributed by atoms with Gasteiger partial charge in [-0.2, -0.15) is 0 Å². The number of hydrogen-bond donors (Lipinski definition) is 0. The highest BCUT2D eigenvalue weighted by Gasteiger charge is 2.49. The summed E-state index contributed by atoms with van der Waals surface area (Å²) < 4.78 is 6.55. The van der Waals surface area contributed by atoms with Gasteiger partial charge >= 0.3 is 0 Å². The molecule has 1 aromatic carbocycles. The monoisotopic (exact) mass is 307 g/mol. The van der Waals surface area contributed by atoms with Crippen molar-refractivity contribution in [2.24, 2.45) is 0 Å². The normalized spacial score (nSPS) is 21.4. The molecule has 110 valence electrons. The predicted molar refractivity (Wildman–Crippen MR) is 74.6 cm³/mol. The average Bonchev–Trinajstić information content (AvgIpc) is 3.00. The van der Waals surface area contributed by atoms with Gasteiger partial charge in [0.15, 0.2) is 6.04 Å². The molecule has 0 N–H and O–H groups in total. The molecule has 1 amide bonds. The van der Waals surface area contributed by atoms with Gasteiger partial charge in [0.1, 0.15) is 6.33 Å². The van der Waals surface area contributed by atoms with Gasteiger partial charge in [0.05, 0.1) is 12.6 Å². The van der Waals surface area contributed by atoms with Crippen molar-refractivity contribution >= 4 is 17.5 Å². The van der Waals surface area contributed by atoms with Crippen molar-refractivity contribution in [3.63, 3.8) is 0 Å². The van der Waals surface area contributed by atoms with Crippen LogP contribution >= 0.6 is 11.6 Å². The molecule has 0 saturated carbocycles. The van der Waals surface area contributed by atoms with E-state index < -0.39 is 6.04 Å². The van der Waals surface area contributed by atoms with Gasteiger partial charge in [-0.05, 0) is 28.1 Å². The number of halogens is 1. The van der Waals surface area contributed by atoms with Crippen LogP contribution in [-0.2, 0) is 9.53 Å². The summed E-state index contributed by atoms with van der Waals surface area (Å²) in [7, 11) is 1.61. The third-order valence-electron chi connectivity index (χ3n) is 3.57. The lowest BCUT2D eigenvalue weighted by atomic mass is 9.88. The van der Waals surface area contributed by atoms with Gasteiger partial charge in [0.25, 0.3) is 5.91 Å². The molecule has 21 heavy (non-hydrogen) atoms. The topological polar surface area (TPSA) is 73.1 Å². The lowest BCUT2D eigenvalue weighted by Crippen LogP contribution is -2.56. The quantitative estimate of drug-likeness (QED) is 0.773. The Morgan fingerprint density at radius 2 is 2.05 bits per heavy atom. The molecule has 1 fully saturated rings. The minimum absolute atomic E-state index is 0.0145. The van der Waals surface area contributed by atoms with Crippen molar-refractivity contribution in [3.8, 4) is 0 Å². The highest BCUT2D eigenvalue weighted by molar-refractivity contribution is 6.30. The molecule has 2 atom stereocenters. The Bertz CT molecular complexity index is 616. The smallest absolute Gasteiger partial charge is 0.250 e. The molecule has 2 aromatic rings. The number of ether oxygens (including phenoxy) is 1. The van der Waals surface area contributed by atoms with Crippen molar-refractivity contribution in [3.05, 3.63) is 41.2 Å². The standard InChI is InChI=1S/C13H14ClN5O2/c1-21-7-6-18-11(9-2-4-10(14)5-3-9)12(13(18)20)19-8-15-16-17-19/h2-5,8,11-12H,6-7H2,1H3/t11-,12+/m1/s1. The Kier molecular flexibility index (Phi) is 3.85. The van der Waals surface area contributed by atoms with Gasteiger partial charge in [-0.1, -0.05) is 23.7 Å². The Morgan fingerprint density at radius 1 is 1.29 bits per heavy atom. The Hall–Kier alpha value is -1.99. The molecular formula is C13H14ClN5O2. The number of nitrogens with zero attached hydrogens (tertiary/aromatic N) is 5. The number of methoxy groups -OCH3 is 1. The summed E-state index contributed by atoms with van der Waals surface area (Å²) in [5.74, 6) is -0.0145. The van der Waals surface area contributed by atoms with E-state index in [9.17, 15) is 4.79 Å². The SMILES string of the molecule is COCCN1C(=O)[C@@H](n2cnnn2)[C@H]1c1ccc(Cl)cc1. The number of β-lactam (4-membered cyclic amide) rings is 1. The van der Waals surface area contributed by atoms with Gasteiger partial charge < -0.3 is 9.64 Å². The van der Waals surface area contributed by atoms with Crippen molar-refractivity contribution in [1.29, 1.82) is 0 Å². The number of aromatic nitrogens is 4. The van der Waals surface area contributed by atoms with Crippen molar-refractivity contribution in [2.75, 3.05) is 20.3 Å². The van der Waals surface area contributed by atoms with Gasteiger partial charge in [-0.25, -0.2) is 4.68 Å². The number of hydrogen-bond acceptors (Lipinski definition) is 5. The number of likely N-dealkylation sites (tertiary alicyclic amines) is 1. The summed E-state index contributed by atoms with van der Waals surface area (Å²) >= 11 is 5.92. The van der Waals surface area contributed by atoms with E-state index in [0.29, 0.717) is 18.2 Å². The second kappa shape index (κ2) is 5.79. The fourth-order valence-electron chi connectivity index (χ4n) is 2.55. The van der Waals surface area contributed by atoms with Crippen LogP contribution in [-0.4, -0.2) is 51.3 Å². The summed E-state index contributed by atoms with van der Waals surface area (Å²) in [5, 5.41) is 11.7. The maximum Gasteiger partial charge on any atom is 0.250 e. The molecule has 0 unspecified atom stereocenters. The van der Waals surface area contributed by atoms with E-state index in [1.54, 1.807) is 12.0 Å². The van der Waals surface area contributed by atoms with E-state index in [4.69, 9.17) is 16.3 Å². The first-order valence-electron chi connectivity index (χ1n) is 6.49. The first-order chi connectivity index (χ1) is 10.2. The van der Waals surface area contributed by atoms with E-state index >= 15 is 0 Å². The van der Waals surface area contributed by atoms with Crippen LogP contribution in [0.1, 0.15) is 17.6 Å². The lowest BCUT2D eigenvalue weighted by molar-refractivity contribution is -0.157. The molecule has 8 heteroatoms. The number of rotatable bonds is 5. The largest absolute Gasteiger partial charge is 0.383 e. The van der Waals surface area contributed by atoms with E-state index in [-0.39, 0.29) is 11.9 Å². The molecule has 1 aromatic heterocycles. The van der Waals surface area contributed by atoms with Crippen LogP contribution in [0.4, 0.5) is 0 Å². The fourth-order valence-corrected chi connectivity index (χ4v) is 2.67. The Balaban J connectivity index is 1.90. The van der Waals surface area contributed by atoms with Crippen molar-refractivity contribution in [1.82, 2.24) is 25.1 Å². The van der Waals surface area contributed by atoms with Gasteiger partial charge in [0.2, 0.25) is 0 Å². The fraction of sp³-hybridized carbons (Fsp3) is 0.385. The van der Waals surface area contributed by atoms with E-state index in [2.05, 4.69) is 15.5 Å². The third kappa shape index (κ3) is 2.50. The zero-order valence-electron chi connectivity index (χ0n) is 11.4. The molecule has 0 aliphatic carbocycles. The molecule has 0 spiro atoms. The number of amides is 1. The highest BCUT2D eigenvalue weighted by atomic mass is 35.5. The zero-order chi connectivity index (χ0) is 14.8. The van der Waals surface area contributed by atoms with Crippen molar-refractivity contribution < 1.29 is 9.53 Å². The molecule has 7 nitrogen and oxygen atoms in total. The molecule has 0 radical (unpaired) electrons. The van der Waals surface area contributed by atoms with E-state index in [1.807, 2.05) is 24.3 Å². The summed E-state index contributed by atoms with van der Waals surface area (Å²) in [6.45, 7) is 1.01. The van der Waals surface area contributed by atoms with Gasteiger partial charge in [-0.15, -0.1) is 5.10 Å². The first kappa shape index (κ1) is 14.0. The summed E-state index contributed by atoms with van der Waals surface area (Å²) in [5.41, 5.74) is 0.996. The van der Waals surface area contributed by atoms with Crippen LogP contribution in [0.15, 0.2) is 30.6 Å². The summed E-state index contributed by atoms with van der Waals surface area (Å²) in [6.07, 6.45) is 1.46. The Labute approximate surface area is 126 Å². The minimum Gasteiger partial charge on any atom is -0.383 e. The van der Waals surface area contributed by atoms with Gasteiger partial charge in [0, 0.05) is 18.7 Å². The summed E-state index contributed by atoms with van der Waals surface area (Å²) in [4.78, 5) is 14.1. The van der Waals surface area contributed by atoms with E-state index in [0.717, 1.165) is 5.56 Å². The number of carbonyl (C=O) groups is 1. The average molecular weight is 308 g/mol. The highest BCUT2D eigenvalue weighted by Crippen LogP contribution is 2.42. The third-order valence-corrected chi connectivity index (χ3v) is 3.82. The number of benzene rings is 1. The molecule has 3 rings (SSSR count). The predicted octanol–water partition coefficient (Wildman–Crippen LogP) is 1.10. The van der Waals surface area contributed by atoms with Crippen LogP contribution in [0.5, 0.6) is 0 Å². The van der Waals surface area contributed by atoms with E-state index in [1.165, 1.54) is 11.0 Å².